The number of carbonyl (C=O) groups is 4. The molecule has 1 unspecified atom stereocenters. The van der Waals surface area contributed by atoms with Crippen molar-refractivity contribution in [3.05, 3.63) is 23.4 Å². The first kappa shape index (κ1) is 15.8. The molecule has 2 aliphatic rings. The number of amides is 4. The highest BCUT2D eigenvalue weighted by Crippen LogP contribution is 2.28. The fourth-order valence-corrected chi connectivity index (χ4v) is 2.51. The summed E-state index contributed by atoms with van der Waals surface area (Å²) in [5, 5.41) is 2.16. The van der Waals surface area contributed by atoms with Crippen LogP contribution in [0.4, 0.5) is 0 Å². The van der Waals surface area contributed by atoms with Crippen molar-refractivity contribution in [3.8, 4) is 0 Å². The van der Waals surface area contributed by atoms with Crippen LogP contribution in [0.25, 0.3) is 0 Å². The fraction of sp³-hybridized carbons (Fsp3) is 0.400. The zero-order chi connectivity index (χ0) is 16.3. The lowest BCUT2D eigenvalue weighted by molar-refractivity contribution is -0.154. The van der Waals surface area contributed by atoms with Crippen LogP contribution in [0, 0.1) is 0 Å². The Balaban J connectivity index is 2.36. The van der Waals surface area contributed by atoms with Gasteiger partial charge in [-0.1, -0.05) is 6.08 Å². The molecule has 22 heavy (non-hydrogen) atoms. The number of hydrogen-bond donors (Lipinski definition) is 1. The van der Waals surface area contributed by atoms with Crippen molar-refractivity contribution in [1.29, 1.82) is 0 Å². The van der Waals surface area contributed by atoms with Gasteiger partial charge < -0.3 is 0 Å². The highest BCUT2D eigenvalue weighted by molar-refractivity contribution is 6.15. The van der Waals surface area contributed by atoms with E-state index in [4.69, 9.17) is 0 Å². The summed E-state index contributed by atoms with van der Waals surface area (Å²) < 4.78 is 0. The molecule has 7 heteroatoms. The Morgan fingerprint density at radius 2 is 1.95 bits per heavy atom. The fourth-order valence-electron chi connectivity index (χ4n) is 2.51. The number of likely N-dealkylation sites (tertiary alicyclic amines) is 1. The number of aliphatic imine (C=N–C) groups is 1. The van der Waals surface area contributed by atoms with Crippen molar-refractivity contribution < 1.29 is 19.2 Å². The Hall–Kier alpha value is -2.57. The van der Waals surface area contributed by atoms with E-state index in [2.05, 4.69) is 10.3 Å². The number of hydrogen-bond acceptors (Lipinski definition) is 5. The van der Waals surface area contributed by atoms with Crippen LogP contribution in [-0.2, 0) is 19.2 Å². The Kier molecular flexibility index (Phi) is 4.65. The molecule has 0 aliphatic carbocycles. The first-order valence-corrected chi connectivity index (χ1v) is 7.03. The van der Waals surface area contributed by atoms with Gasteiger partial charge in [-0.25, -0.2) is 0 Å². The molecule has 1 atom stereocenters. The van der Waals surface area contributed by atoms with Gasteiger partial charge in [0.2, 0.25) is 17.7 Å². The van der Waals surface area contributed by atoms with Gasteiger partial charge in [0.05, 0.1) is 12.0 Å². The monoisotopic (exact) mass is 303 g/mol. The van der Waals surface area contributed by atoms with Crippen molar-refractivity contribution in [2.75, 3.05) is 0 Å². The minimum absolute atomic E-state index is 0.0328. The third-order valence-electron chi connectivity index (χ3n) is 3.63. The summed E-state index contributed by atoms with van der Waals surface area (Å²) in [5.74, 6) is -1.99. The van der Waals surface area contributed by atoms with Crippen molar-refractivity contribution in [2.45, 2.75) is 39.2 Å². The summed E-state index contributed by atoms with van der Waals surface area (Å²) in [5.41, 5.74) is 0.883. The van der Waals surface area contributed by atoms with Gasteiger partial charge in [0.1, 0.15) is 6.04 Å². The molecule has 2 heterocycles. The summed E-state index contributed by atoms with van der Waals surface area (Å²) >= 11 is 0. The summed E-state index contributed by atoms with van der Waals surface area (Å²) in [4.78, 5) is 52.9. The minimum atomic E-state index is -0.940. The molecule has 0 saturated carbocycles. The second-order valence-electron chi connectivity index (χ2n) is 4.98. The third kappa shape index (κ3) is 2.88. The van der Waals surface area contributed by atoms with Crippen molar-refractivity contribution in [2.24, 2.45) is 4.99 Å². The predicted octanol–water partition coefficient (Wildman–Crippen LogP) is 0.471. The predicted molar refractivity (Wildman–Crippen MR) is 78.6 cm³/mol. The van der Waals surface area contributed by atoms with Crippen LogP contribution in [0.15, 0.2) is 28.4 Å². The molecule has 2 rings (SSSR count). The molecule has 7 nitrogen and oxygen atoms in total. The highest BCUT2D eigenvalue weighted by Gasteiger charge is 2.42. The maximum atomic E-state index is 12.6. The van der Waals surface area contributed by atoms with Crippen LogP contribution in [0.3, 0.4) is 0 Å². The highest BCUT2D eigenvalue weighted by atomic mass is 16.2. The molecule has 0 aromatic carbocycles. The number of imide groups is 2. The molecule has 2 fully saturated rings. The van der Waals surface area contributed by atoms with Crippen LogP contribution in [-0.4, -0.2) is 40.8 Å². The third-order valence-corrected chi connectivity index (χ3v) is 3.63. The van der Waals surface area contributed by atoms with Gasteiger partial charge in [-0.15, -0.1) is 0 Å². The van der Waals surface area contributed by atoms with E-state index in [0.717, 1.165) is 4.90 Å². The minimum Gasteiger partial charge on any atom is -0.295 e. The average molecular weight is 303 g/mol. The standard InChI is InChI=1S/C15H17N3O4/c1-3-9-7-13(20)18(15(22)10(9)8-16-4-2)11-5-6-12(19)17-14(11)21/h3-4,8,11H,5-7H2,1-2H3,(H,17,19,21)/b9-3-,10-8+,16-4+. The lowest BCUT2D eigenvalue weighted by Gasteiger charge is -2.35. The van der Waals surface area contributed by atoms with E-state index >= 15 is 0 Å². The quantitative estimate of drug-likeness (QED) is 0.455. The number of nitrogens with one attached hydrogen (secondary N) is 1. The Morgan fingerprint density at radius 3 is 2.55 bits per heavy atom. The van der Waals surface area contributed by atoms with Crippen LogP contribution < -0.4 is 5.32 Å². The molecule has 0 spiro atoms. The van der Waals surface area contributed by atoms with Crippen molar-refractivity contribution >= 4 is 29.8 Å². The van der Waals surface area contributed by atoms with Gasteiger partial charge in [-0.2, -0.15) is 0 Å². The summed E-state index contributed by atoms with van der Waals surface area (Å²) in [6, 6.07) is -0.940. The number of piperidine rings is 2. The smallest absolute Gasteiger partial charge is 0.263 e. The van der Waals surface area contributed by atoms with Crippen molar-refractivity contribution in [1.82, 2.24) is 10.2 Å². The summed E-state index contributed by atoms with van der Waals surface area (Å²) in [6.07, 6.45) is 4.90. The molecule has 0 aromatic heterocycles. The van der Waals surface area contributed by atoms with Crippen LogP contribution >= 0.6 is 0 Å². The molecule has 0 radical (unpaired) electrons. The van der Waals surface area contributed by atoms with Gasteiger partial charge in [0.15, 0.2) is 0 Å². The lowest BCUT2D eigenvalue weighted by atomic mass is 9.93. The van der Waals surface area contributed by atoms with Gasteiger partial charge in [-0.3, -0.25) is 34.4 Å². The van der Waals surface area contributed by atoms with Gasteiger partial charge in [0, 0.05) is 18.8 Å². The molecular weight excluding hydrogens is 286 g/mol. The first-order chi connectivity index (χ1) is 10.5. The van der Waals surface area contributed by atoms with Gasteiger partial charge in [-0.05, 0) is 25.8 Å². The summed E-state index contributed by atoms with van der Waals surface area (Å²) in [6.45, 7) is 3.45. The Morgan fingerprint density at radius 1 is 1.23 bits per heavy atom. The van der Waals surface area contributed by atoms with E-state index in [1.54, 1.807) is 19.9 Å². The van der Waals surface area contributed by atoms with E-state index in [1.165, 1.54) is 12.4 Å². The van der Waals surface area contributed by atoms with E-state index in [1.807, 2.05) is 0 Å². The van der Waals surface area contributed by atoms with Crippen LogP contribution in [0.2, 0.25) is 0 Å². The SMILES string of the molecule is C/C=C1/CC(=O)N(C2CCC(=O)NC2=O)C(=O)/C1=C/N=C/C. The number of carbonyl (C=O) groups excluding carboxylic acids is 4. The van der Waals surface area contributed by atoms with Gasteiger partial charge >= 0.3 is 0 Å². The number of nitrogens with zero attached hydrogens (tertiary/aromatic N) is 2. The second-order valence-corrected chi connectivity index (χ2v) is 4.98. The molecule has 0 aromatic rings. The van der Waals surface area contributed by atoms with Crippen LogP contribution in [0.5, 0.6) is 0 Å². The molecular formula is C15H17N3O4. The zero-order valence-electron chi connectivity index (χ0n) is 12.5. The number of allylic oxidation sites excluding steroid dienone is 1. The maximum absolute atomic E-state index is 12.6. The lowest BCUT2D eigenvalue weighted by Crippen LogP contribution is -2.58. The largest absolute Gasteiger partial charge is 0.295 e. The summed E-state index contributed by atoms with van der Waals surface area (Å²) in [7, 11) is 0. The van der Waals surface area contributed by atoms with Crippen LogP contribution in [0.1, 0.15) is 33.1 Å². The zero-order valence-corrected chi connectivity index (χ0v) is 12.5. The molecule has 0 bridgehead atoms. The first-order valence-electron chi connectivity index (χ1n) is 7.03. The molecule has 2 aliphatic heterocycles. The normalized spacial score (nSPS) is 27.2. The number of rotatable bonds is 2. The second kappa shape index (κ2) is 6.46. The average Bonchev–Trinajstić information content (AvgIpc) is 2.48. The maximum Gasteiger partial charge on any atom is 0.263 e. The van der Waals surface area contributed by atoms with E-state index in [0.29, 0.717) is 11.1 Å². The van der Waals surface area contributed by atoms with E-state index < -0.39 is 29.7 Å². The van der Waals surface area contributed by atoms with Crippen molar-refractivity contribution in [3.63, 3.8) is 0 Å². The molecule has 1 N–H and O–H groups in total. The molecule has 2 saturated heterocycles. The van der Waals surface area contributed by atoms with E-state index in [-0.39, 0.29) is 19.3 Å². The van der Waals surface area contributed by atoms with Gasteiger partial charge in [0.25, 0.3) is 5.91 Å². The Bertz CT molecular complexity index is 631. The topological polar surface area (TPSA) is 95.9 Å². The Labute approximate surface area is 127 Å². The molecule has 116 valence electrons. The van der Waals surface area contributed by atoms with E-state index in [9.17, 15) is 19.2 Å². The molecule has 4 amide bonds.